The van der Waals surface area contributed by atoms with Gasteiger partial charge in [-0.3, -0.25) is 4.98 Å². The maximum atomic E-state index is 4.77. The Morgan fingerprint density at radius 1 is 0.903 bits per heavy atom. The Morgan fingerprint density at radius 2 is 1.74 bits per heavy atom. The molecule has 6 heteroatoms. The van der Waals surface area contributed by atoms with Crippen molar-refractivity contribution in [3.63, 3.8) is 0 Å². The van der Waals surface area contributed by atoms with Gasteiger partial charge in [-0.2, -0.15) is 0 Å². The van der Waals surface area contributed by atoms with E-state index >= 15 is 0 Å². The molecular weight excluding hydrogens is 384 g/mol. The lowest BCUT2D eigenvalue weighted by Crippen LogP contribution is -2.55. The molecule has 2 N–H and O–H groups in total. The molecule has 0 radical (unpaired) electrons. The number of nitrogens with one attached hydrogen (secondary N) is 2. The Hall–Kier alpha value is -3.02. The Kier molecular flexibility index (Phi) is 4.40. The molecule has 4 saturated carbocycles. The molecule has 0 aromatic carbocycles. The Morgan fingerprint density at radius 3 is 2.52 bits per heavy atom. The van der Waals surface area contributed by atoms with Gasteiger partial charge in [0, 0.05) is 30.2 Å². The molecule has 4 fully saturated rings. The minimum atomic E-state index is 0.560. The van der Waals surface area contributed by atoms with Gasteiger partial charge in [-0.1, -0.05) is 13.0 Å². The van der Waals surface area contributed by atoms with Crippen molar-refractivity contribution < 1.29 is 0 Å². The SMILES string of the molecule is CC12CC3CC(C1)C(Nc1cc(-c4cccc(Nc5cnccn5)n4)ccn1)C(C3)C2. The molecule has 2 atom stereocenters. The summed E-state index contributed by atoms with van der Waals surface area (Å²) >= 11 is 0. The highest BCUT2D eigenvalue weighted by Crippen LogP contribution is 2.60. The van der Waals surface area contributed by atoms with Crippen LogP contribution in [0.2, 0.25) is 0 Å². The van der Waals surface area contributed by atoms with Crippen LogP contribution in [-0.4, -0.2) is 26.0 Å². The zero-order valence-corrected chi connectivity index (χ0v) is 17.8. The second-order valence-corrected chi connectivity index (χ2v) is 10.0. The first-order valence-electron chi connectivity index (χ1n) is 11.4. The normalized spacial score (nSPS) is 30.9. The van der Waals surface area contributed by atoms with Crippen LogP contribution in [0.3, 0.4) is 0 Å². The minimum Gasteiger partial charge on any atom is -0.367 e. The molecule has 3 heterocycles. The van der Waals surface area contributed by atoms with Crippen molar-refractivity contribution in [2.75, 3.05) is 10.6 Å². The van der Waals surface area contributed by atoms with Gasteiger partial charge < -0.3 is 10.6 Å². The molecule has 0 saturated heterocycles. The van der Waals surface area contributed by atoms with Crippen molar-refractivity contribution in [1.29, 1.82) is 0 Å². The summed E-state index contributed by atoms with van der Waals surface area (Å²) in [6.07, 6.45) is 13.9. The summed E-state index contributed by atoms with van der Waals surface area (Å²) in [6.45, 7) is 2.52. The van der Waals surface area contributed by atoms with Gasteiger partial charge in [-0.25, -0.2) is 15.0 Å². The number of rotatable bonds is 5. The van der Waals surface area contributed by atoms with Crippen molar-refractivity contribution in [3.05, 3.63) is 55.1 Å². The van der Waals surface area contributed by atoms with Crippen molar-refractivity contribution >= 4 is 17.5 Å². The molecule has 7 rings (SSSR count). The van der Waals surface area contributed by atoms with Crippen LogP contribution in [0, 0.1) is 23.2 Å². The minimum absolute atomic E-state index is 0.560. The maximum absolute atomic E-state index is 4.77. The molecule has 4 aliphatic rings. The van der Waals surface area contributed by atoms with E-state index in [4.69, 9.17) is 4.98 Å². The molecule has 4 bridgehead atoms. The summed E-state index contributed by atoms with van der Waals surface area (Å²) in [5.74, 6) is 4.93. The van der Waals surface area contributed by atoms with Crippen LogP contribution in [0.4, 0.5) is 17.5 Å². The van der Waals surface area contributed by atoms with Gasteiger partial charge in [0.1, 0.15) is 17.5 Å². The number of aromatic nitrogens is 4. The first-order chi connectivity index (χ1) is 15.1. The first-order valence-corrected chi connectivity index (χ1v) is 11.4. The summed E-state index contributed by atoms with van der Waals surface area (Å²) in [7, 11) is 0. The summed E-state index contributed by atoms with van der Waals surface area (Å²) in [4.78, 5) is 17.8. The average molecular weight is 413 g/mol. The standard InChI is InChI=1S/C25H28N6/c1-25-12-16-9-18(13-25)24(19(10-16)14-25)31-22-11-17(5-6-27-22)20-3-2-4-21(29-20)30-23-15-26-7-8-28-23/h2-8,11,15-16,18-19,24H,9-10,12-14H2,1H3,(H,27,31)(H,28,29,30). The topological polar surface area (TPSA) is 75.6 Å². The van der Waals surface area contributed by atoms with E-state index in [-0.39, 0.29) is 0 Å². The van der Waals surface area contributed by atoms with Crippen molar-refractivity contribution in [2.24, 2.45) is 23.2 Å². The van der Waals surface area contributed by atoms with Gasteiger partial charge in [0.2, 0.25) is 0 Å². The number of pyridine rings is 2. The molecule has 2 unspecified atom stereocenters. The predicted molar refractivity (Wildman–Crippen MR) is 122 cm³/mol. The van der Waals surface area contributed by atoms with Crippen LogP contribution in [0.1, 0.15) is 39.0 Å². The lowest BCUT2D eigenvalue weighted by atomic mass is 9.48. The molecular formula is C25H28N6. The average Bonchev–Trinajstić information content (AvgIpc) is 2.76. The zero-order chi connectivity index (χ0) is 20.8. The van der Waals surface area contributed by atoms with Crippen molar-refractivity contribution in [2.45, 2.75) is 45.1 Å². The van der Waals surface area contributed by atoms with E-state index in [1.165, 1.54) is 32.1 Å². The lowest BCUT2D eigenvalue weighted by Gasteiger charge is -2.59. The van der Waals surface area contributed by atoms with Gasteiger partial charge >= 0.3 is 0 Å². The Balaban J connectivity index is 1.21. The number of anilines is 3. The van der Waals surface area contributed by atoms with E-state index in [0.29, 0.717) is 17.3 Å². The third-order valence-electron chi connectivity index (χ3n) is 7.52. The van der Waals surface area contributed by atoms with E-state index in [9.17, 15) is 0 Å². The van der Waals surface area contributed by atoms with Crippen LogP contribution < -0.4 is 10.6 Å². The van der Waals surface area contributed by atoms with Crippen LogP contribution in [0.5, 0.6) is 0 Å². The highest BCUT2D eigenvalue weighted by atomic mass is 15.1. The highest BCUT2D eigenvalue weighted by molar-refractivity contribution is 5.65. The number of hydrogen-bond donors (Lipinski definition) is 2. The van der Waals surface area contributed by atoms with E-state index < -0.39 is 0 Å². The summed E-state index contributed by atoms with van der Waals surface area (Å²) in [5, 5.41) is 7.05. The van der Waals surface area contributed by atoms with Gasteiger partial charge in [0.15, 0.2) is 0 Å². The monoisotopic (exact) mass is 412 g/mol. The quantitative estimate of drug-likeness (QED) is 0.592. The van der Waals surface area contributed by atoms with E-state index in [1.807, 2.05) is 30.5 Å². The molecule has 0 spiro atoms. The largest absolute Gasteiger partial charge is 0.367 e. The number of hydrogen-bond acceptors (Lipinski definition) is 6. The highest BCUT2D eigenvalue weighted by Gasteiger charge is 2.53. The smallest absolute Gasteiger partial charge is 0.150 e. The van der Waals surface area contributed by atoms with Crippen LogP contribution in [0.15, 0.2) is 55.1 Å². The molecule has 0 amide bonds. The predicted octanol–water partition coefficient (Wildman–Crippen LogP) is 5.30. The summed E-state index contributed by atoms with van der Waals surface area (Å²) in [5.41, 5.74) is 2.57. The zero-order valence-electron chi connectivity index (χ0n) is 17.8. The summed E-state index contributed by atoms with van der Waals surface area (Å²) < 4.78 is 0. The maximum Gasteiger partial charge on any atom is 0.150 e. The molecule has 6 nitrogen and oxygen atoms in total. The molecule has 4 aliphatic carbocycles. The summed E-state index contributed by atoms with van der Waals surface area (Å²) in [6, 6.07) is 10.7. The Bertz CT molecular complexity index is 1070. The van der Waals surface area contributed by atoms with Crippen molar-refractivity contribution in [1.82, 2.24) is 19.9 Å². The van der Waals surface area contributed by atoms with Crippen molar-refractivity contribution in [3.8, 4) is 11.3 Å². The fourth-order valence-electron chi connectivity index (χ4n) is 6.67. The van der Waals surface area contributed by atoms with Gasteiger partial charge in [-0.05, 0) is 79.5 Å². The fraction of sp³-hybridized carbons (Fsp3) is 0.440. The Labute approximate surface area is 183 Å². The van der Waals surface area contributed by atoms with E-state index in [1.54, 1.807) is 18.6 Å². The van der Waals surface area contributed by atoms with Gasteiger partial charge in [0.25, 0.3) is 0 Å². The second kappa shape index (κ2) is 7.29. The number of nitrogens with zero attached hydrogens (tertiary/aromatic N) is 4. The van der Waals surface area contributed by atoms with Crippen LogP contribution in [-0.2, 0) is 0 Å². The first kappa shape index (κ1) is 18.7. The molecule has 31 heavy (non-hydrogen) atoms. The van der Waals surface area contributed by atoms with E-state index in [2.05, 4.69) is 38.6 Å². The second-order valence-electron chi connectivity index (χ2n) is 10.0. The van der Waals surface area contributed by atoms with Gasteiger partial charge in [0.05, 0.1) is 11.9 Å². The van der Waals surface area contributed by atoms with Crippen LogP contribution in [0.25, 0.3) is 11.3 Å². The third kappa shape index (κ3) is 3.64. The molecule has 0 aliphatic heterocycles. The molecule has 158 valence electrons. The molecule has 3 aromatic rings. The van der Waals surface area contributed by atoms with E-state index in [0.717, 1.165) is 40.6 Å². The van der Waals surface area contributed by atoms with Gasteiger partial charge in [-0.15, -0.1) is 0 Å². The fourth-order valence-corrected chi connectivity index (χ4v) is 6.67. The molecule has 3 aromatic heterocycles. The van der Waals surface area contributed by atoms with Crippen LogP contribution >= 0.6 is 0 Å². The third-order valence-corrected chi connectivity index (χ3v) is 7.52. The lowest BCUT2D eigenvalue weighted by molar-refractivity contribution is -0.0505.